The number of rotatable bonds is 5. The smallest absolute Gasteiger partial charge is 0.407 e. The van der Waals surface area contributed by atoms with Crippen molar-refractivity contribution in [1.82, 2.24) is 5.32 Å². The molecule has 1 aliphatic carbocycles. The zero-order valence-corrected chi connectivity index (χ0v) is 9.85. The fourth-order valence-electron chi connectivity index (χ4n) is 2.18. The highest BCUT2D eigenvalue weighted by molar-refractivity contribution is 5.71. The Kier molecular flexibility index (Phi) is 5.52. The van der Waals surface area contributed by atoms with Crippen LogP contribution in [0.2, 0.25) is 0 Å². The number of carbonyl (C=O) groups is 2. The van der Waals surface area contributed by atoms with Gasteiger partial charge in [0.1, 0.15) is 6.61 Å². The van der Waals surface area contributed by atoms with Crippen LogP contribution in [0.25, 0.3) is 0 Å². The van der Waals surface area contributed by atoms with E-state index in [1.807, 2.05) is 0 Å². The van der Waals surface area contributed by atoms with Crippen LogP contribution in [0.3, 0.4) is 0 Å². The number of nitrogens with one attached hydrogen (secondary N) is 1. The average molecular weight is 241 g/mol. The summed E-state index contributed by atoms with van der Waals surface area (Å²) in [6.45, 7) is 3.97. The van der Waals surface area contributed by atoms with Crippen molar-refractivity contribution in [2.75, 3.05) is 13.2 Å². The Balaban J connectivity index is 2.35. The van der Waals surface area contributed by atoms with E-state index in [4.69, 9.17) is 9.84 Å². The Bertz CT molecular complexity index is 290. The molecule has 1 aliphatic rings. The van der Waals surface area contributed by atoms with Crippen molar-refractivity contribution in [3.05, 3.63) is 12.7 Å². The zero-order valence-electron chi connectivity index (χ0n) is 9.85. The molecule has 0 radical (unpaired) electrons. The summed E-state index contributed by atoms with van der Waals surface area (Å²) in [6, 6.07) is 0. The normalized spacial score (nSPS) is 23.8. The van der Waals surface area contributed by atoms with Crippen LogP contribution in [0, 0.1) is 11.8 Å². The molecule has 17 heavy (non-hydrogen) atoms. The molecule has 0 spiro atoms. The van der Waals surface area contributed by atoms with E-state index in [0.29, 0.717) is 13.0 Å². The van der Waals surface area contributed by atoms with Crippen molar-refractivity contribution >= 4 is 12.1 Å². The number of carboxylic acids is 1. The van der Waals surface area contributed by atoms with Crippen LogP contribution >= 0.6 is 0 Å². The van der Waals surface area contributed by atoms with Gasteiger partial charge in [0.25, 0.3) is 0 Å². The predicted octanol–water partition coefficient (Wildman–Crippen LogP) is 1.79. The van der Waals surface area contributed by atoms with Crippen molar-refractivity contribution in [3.8, 4) is 0 Å². The second-order valence-corrected chi connectivity index (χ2v) is 4.26. The van der Waals surface area contributed by atoms with E-state index in [9.17, 15) is 9.59 Å². The van der Waals surface area contributed by atoms with Crippen LogP contribution in [0.5, 0.6) is 0 Å². The van der Waals surface area contributed by atoms with Crippen LogP contribution in [-0.4, -0.2) is 30.3 Å². The molecule has 1 fully saturated rings. The van der Waals surface area contributed by atoms with Crippen molar-refractivity contribution in [3.63, 3.8) is 0 Å². The minimum Gasteiger partial charge on any atom is -0.481 e. The fourth-order valence-corrected chi connectivity index (χ4v) is 2.18. The molecular weight excluding hydrogens is 222 g/mol. The molecule has 2 atom stereocenters. The number of amides is 1. The number of aliphatic carboxylic acids is 1. The Labute approximate surface area is 101 Å². The van der Waals surface area contributed by atoms with Gasteiger partial charge in [0.15, 0.2) is 0 Å². The highest BCUT2D eigenvalue weighted by Gasteiger charge is 2.30. The Morgan fingerprint density at radius 2 is 2.12 bits per heavy atom. The number of carboxylic acid groups (broad SMARTS) is 1. The minimum absolute atomic E-state index is 0.0116. The van der Waals surface area contributed by atoms with Gasteiger partial charge in [0.2, 0.25) is 0 Å². The molecule has 96 valence electrons. The van der Waals surface area contributed by atoms with Crippen molar-refractivity contribution in [2.45, 2.75) is 25.7 Å². The fraction of sp³-hybridized carbons (Fsp3) is 0.667. The van der Waals surface area contributed by atoms with Gasteiger partial charge in [-0.05, 0) is 18.8 Å². The first-order chi connectivity index (χ1) is 8.15. The van der Waals surface area contributed by atoms with E-state index in [-0.39, 0.29) is 18.4 Å². The number of hydrogen-bond donors (Lipinski definition) is 2. The van der Waals surface area contributed by atoms with E-state index in [1.165, 1.54) is 6.08 Å². The van der Waals surface area contributed by atoms with Gasteiger partial charge in [0, 0.05) is 6.54 Å². The van der Waals surface area contributed by atoms with E-state index in [1.54, 1.807) is 0 Å². The van der Waals surface area contributed by atoms with E-state index in [0.717, 1.165) is 19.3 Å². The first-order valence-corrected chi connectivity index (χ1v) is 5.89. The summed E-state index contributed by atoms with van der Waals surface area (Å²) in [5.41, 5.74) is 0. The lowest BCUT2D eigenvalue weighted by atomic mass is 9.79. The maximum atomic E-state index is 11.2. The molecule has 5 heteroatoms. The van der Waals surface area contributed by atoms with Gasteiger partial charge in [-0.25, -0.2) is 4.79 Å². The van der Waals surface area contributed by atoms with Crippen molar-refractivity contribution in [1.29, 1.82) is 0 Å². The van der Waals surface area contributed by atoms with Gasteiger partial charge < -0.3 is 15.2 Å². The Morgan fingerprint density at radius 1 is 1.41 bits per heavy atom. The molecule has 0 aromatic rings. The molecule has 1 saturated carbocycles. The number of carbonyl (C=O) groups excluding carboxylic acids is 1. The van der Waals surface area contributed by atoms with E-state index >= 15 is 0 Å². The first-order valence-electron chi connectivity index (χ1n) is 5.89. The van der Waals surface area contributed by atoms with Gasteiger partial charge in [-0.2, -0.15) is 0 Å². The van der Waals surface area contributed by atoms with Crippen molar-refractivity contribution < 1.29 is 19.4 Å². The SMILES string of the molecule is C=CCOC(=O)NC[C@H]1CCCC[C@H]1C(=O)O. The molecule has 1 rings (SSSR count). The van der Waals surface area contributed by atoms with Gasteiger partial charge >= 0.3 is 12.1 Å². The molecule has 0 aromatic carbocycles. The largest absolute Gasteiger partial charge is 0.481 e. The molecule has 0 aromatic heterocycles. The maximum Gasteiger partial charge on any atom is 0.407 e. The Hall–Kier alpha value is -1.52. The number of alkyl carbamates (subject to hydrolysis) is 1. The minimum atomic E-state index is -0.768. The van der Waals surface area contributed by atoms with E-state index in [2.05, 4.69) is 11.9 Å². The topological polar surface area (TPSA) is 75.6 Å². The van der Waals surface area contributed by atoms with Crippen LogP contribution in [0.4, 0.5) is 4.79 Å². The predicted molar refractivity (Wildman–Crippen MR) is 62.6 cm³/mol. The van der Waals surface area contributed by atoms with Gasteiger partial charge in [-0.1, -0.05) is 25.5 Å². The highest BCUT2D eigenvalue weighted by Crippen LogP contribution is 2.29. The summed E-state index contributed by atoms with van der Waals surface area (Å²) in [6.07, 6.45) is 4.49. The van der Waals surface area contributed by atoms with Gasteiger partial charge in [0.05, 0.1) is 5.92 Å². The van der Waals surface area contributed by atoms with Crippen LogP contribution in [-0.2, 0) is 9.53 Å². The standard InChI is InChI=1S/C12H19NO4/c1-2-7-17-12(16)13-8-9-5-3-4-6-10(9)11(14)15/h2,9-10H,1,3-8H2,(H,13,16)(H,14,15)/t9-,10-/m1/s1. The average Bonchev–Trinajstić information content (AvgIpc) is 2.34. The second-order valence-electron chi connectivity index (χ2n) is 4.26. The van der Waals surface area contributed by atoms with Crippen LogP contribution < -0.4 is 5.32 Å². The van der Waals surface area contributed by atoms with E-state index < -0.39 is 12.1 Å². The lowest BCUT2D eigenvalue weighted by molar-refractivity contribution is -0.144. The summed E-state index contributed by atoms with van der Waals surface area (Å²) >= 11 is 0. The lowest BCUT2D eigenvalue weighted by Gasteiger charge is -2.28. The molecule has 0 saturated heterocycles. The number of ether oxygens (including phenoxy) is 1. The molecule has 0 heterocycles. The monoisotopic (exact) mass is 241 g/mol. The third kappa shape index (κ3) is 4.46. The van der Waals surface area contributed by atoms with Gasteiger partial charge in [-0.15, -0.1) is 0 Å². The molecular formula is C12H19NO4. The summed E-state index contributed by atoms with van der Waals surface area (Å²) in [4.78, 5) is 22.2. The zero-order chi connectivity index (χ0) is 12.7. The third-order valence-corrected chi connectivity index (χ3v) is 3.07. The van der Waals surface area contributed by atoms with Crippen LogP contribution in [0.15, 0.2) is 12.7 Å². The molecule has 2 N–H and O–H groups in total. The summed E-state index contributed by atoms with van der Waals surface area (Å²) in [5, 5.41) is 11.7. The Morgan fingerprint density at radius 3 is 2.76 bits per heavy atom. The maximum absolute atomic E-state index is 11.2. The highest BCUT2D eigenvalue weighted by atomic mass is 16.5. The molecule has 0 aliphatic heterocycles. The second kappa shape index (κ2) is 6.93. The molecule has 1 amide bonds. The van der Waals surface area contributed by atoms with Gasteiger partial charge in [-0.3, -0.25) is 4.79 Å². The summed E-state index contributed by atoms with van der Waals surface area (Å²) in [7, 11) is 0. The number of hydrogen-bond acceptors (Lipinski definition) is 3. The quantitative estimate of drug-likeness (QED) is 0.719. The molecule has 5 nitrogen and oxygen atoms in total. The lowest BCUT2D eigenvalue weighted by Crippen LogP contribution is -2.37. The third-order valence-electron chi connectivity index (χ3n) is 3.07. The molecule has 0 unspecified atom stereocenters. The summed E-state index contributed by atoms with van der Waals surface area (Å²) in [5.74, 6) is -1.10. The first kappa shape index (κ1) is 13.5. The summed E-state index contributed by atoms with van der Waals surface area (Å²) < 4.78 is 4.76. The molecule has 0 bridgehead atoms. The van der Waals surface area contributed by atoms with Crippen LogP contribution in [0.1, 0.15) is 25.7 Å². The van der Waals surface area contributed by atoms with Crippen molar-refractivity contribution in [2.24, 2.45) is 11.8 Å².